The summed E-state index contributed by atoms with van der Waals surface area (Å²) in [7, 11) is 0. The zero-order valence-corrected chi connectivity index (χ0v) is 20.2. The minimum Gasteiger partial charge on any atom is -0.491 e. The van der Waals surface area contributed by atoms with E-state index in [4.69, 9.17) is 16.3 Å². The lowest BCUT2D eigenvalue weighted by Crippen LogP contribution is -2.48. The predicted molar refractivity (Wildman–Crippen MR) is 127 cm³/mol. The maximum atomic E-state index is 13.4. The van der Waals surface area contributed by atoms with E-state index in [0.29, 0.717) is 43.6 Å². The first kappa shape index (κ1) is 24.1. The number of carbonyl (C=O) groups is 1. The highest BCUT2D eigenvalue weighted by Crippen LogP contribution is 2.34. The summed E-state index contributed by atoms with van der Waals surface area (Å²) in [6, 6.07) is 9.31. The SMILES string of the molecule is CC[C@@H](O)CN(CC(=O)N1CCc2sccc2[C@@H]1COc1ccc(Cl)cc1)CC(C)C. The second-order valence-corrected chi connectivity index (χ2v) is 10.0. The monoisotopic (exact) mass is 464 g/mol. The number of aliphatic hydroxyl groups excluding tert-OH is 1. The summed E-state index contributed by atoms with van der Waals surface area (Å²) in [5.41, 5.74) is 1.18. The van der Waals surface area contributed by atoms with Gasteiger partial charge in [0.25, 0.3) is 0 Å². The van der Waals surface area contributed by atoms with Crippen LogP contribution >= 0.6 is 22.9 Å². The third-order valence-corrected chi connectivity index (χ3v) is 6.81. The number of aliphatic hydroxyl groups is 1. The normalized spacial score (nSPS) is 17.1. The Morgan fingerprint density at radius 2 is 2.03 bits per heavy atom. The molecule has 2 aromatic rings. The van der Waals surface area contributed by atoms with E-state index in [-0.39, 0.29) is 11.9 Å². The first-order chi connectivity index (χ1) is 14.9. The van der Waals surface area contributed by atoms with Crippen molar-refractivity contribution in [3.8, 4) is 5.75 Å². The molecule has 7 heteroatoms. The van der Waals surface area contributed by atoms with Crippen LogP contribution in [-0.2, 0) is 11.2 Å². The van der Waals surface area contributed by atoms with Crippen LogP contribution in [0, 0.1) is 5.92 Å². The van der Waals surface area contributed by atoms with E-state index in [2.05, 4.69) is 30.2 Å². The minimum atomic E-state index is -0.416. The Morgan fingerprint density at radius 3 is 2.71 bits per heavy atom. The predicted octanol–water partition coefficient (Wildman–Crippen LogP) is 4.64. The summed E-state index contributed by atoms with van der Waals surface area (Å²) in [5.74, 6) is 1.25. The van der Waals surface area contributed by atoms with Crippen molar-refractivity contribution in [1.29, 1.82) is 0 Å². The van der Waals surface area contributed by atoms with Crippen LogP contribution in [0.25, 0.3) is 0 Å². The number of halogens is 1. The largest absolute Gasteiger partial charge is 0.491 e. The van der Waals surface area contributed by atoms with Crippen molar-refractivity contribution in [2.24, 2.45) is 5.92 Å². The summed E-state index contributed by atoms with van der Waals surface area (Å²) in [6.07, 6.45) is 1.14. The number of rotatable bonds is 10. The van der Waals surface area contributed by atoms with Crippen molar-refractivity contribution >= 4 is 28.8 Å². The highest BCUT2D eigenvalue weighted by molar-refractivity contribution is 7.10. The third kappa shape index (κ3) is 6.69. The quantitative estimate of drug-likeness (QED) is 0.556. The molecule has 5 nitrogen and oxygen atoms in total. The Balaban J connectivity index is 1.73. The van der Waals surface area contributed by atoms with Gasteiger partial charge in [0.2, 0.25) is 5.91 Å². The van der Waals surface area contributed by atoms with Gasteiger partial charge in [0.1, 0.15) is 12.4 Å². The summed E-state index contributed by atoms with van der Waals surface area (Å²) >= 11 is 7.72. The molecule has 170 valence electrons. The van der Waals surface area contributed by atoms with Gasteiger partial charge in [-0.15, -0.1) is 11.3 Å². The molecule has 1 aliphatic rings. The fourth-order valence-corrected chi connectivity index (χ4v) is 5.06. The fraction of sp³-hybridized carbons (Fsp3) is 0.542. The Hall–Kier alpha value is -1.60. The van der Waals surface area contributed by atoms with Gasteiger partial charge in [-0.2, -0.15) is 0 Å². The van der Waals surface area contributed by atoms with E-state index in [0.717, 1.165) is 18.7 Å². The van der Waals surface area contributed by atoms with Crippen LogP contribution in [0.5, 0.6) is 5.75 Å². The van der Waals surface area contributed by atoms with Crippen molar-refractivity contribution in [2.45, 2.75) is 45.8 Å². The number of thiophene rings is 1. The van der Waals surface area contributed by atoms with Gasteiger partial charge in [0.05, 0.1) is 18.7 Å². The summed E-state index contributed by atoms with van der Waals surface area (Å²) in [6.45, 7) is 8.94. The lowest BCUT2D eigenvalue weighted by molar-refractivity contribution is -0.136. The number of hydrogen-bond acceptors (Lipinski definition) is 5. The van der Waals surface area contributed by atoms with Crippen LogP contribution in [0.4, 0.5) is 0 Å². The Bertz CT molecular complexity index is 840. The van der Waals surface area contributed by atoms with Crippen molar-refractivity contribution < 1.29 is 14.6 Å². The molecule has 1 amide bonds. The molecule has 0 unspecified atom stereocenters. The van der Waals surface area contributed by atoms with Gasteiger partial charge in [0, 0.05) is 29.5 Å². The number of benzene rings is 1. The minimum absolute atomic E-state index is 0.0884. The standard InChI is InChI=1S/C24H33ClN2O3S/c1-4-19(28)14-26(13-17(2)3)15-24(29)27-11-9-23-21(10-12-31-23)22(27)16-30-20-7-5-18(25)6-8-20/h5-8,10,12,17,19,22,28H,4,9,11,13-16H2,1-3H3/t19-,22+/m1/s1. The molecule has 1 N–H and O–H groups in total. The molecule has 3 rings (SSSR count). The molecule has 1 aromatic carbocycles. The van der Waals surface area contributed by atoms with Crippen molar-refractivity contribution in [1.82, 2.24) is 9.80 Å². The highest BCUT2D eigenvalue weighted by Gasteiger charge is 2.33. The fourth-order valence-electron chi connectivity index (χ4n) is 4.01. The second kappa shape index (κ2) is 11.3. The summed E-state index contributed by atoms with van der Waals surface area (Å²) < 4.78 is 6.06. The van der Waals surface area contributed by atoms with E-state index in [1.807, 2.05) is 24.0 Å². The number of ether oxygens (including phenoxy) is 1. The van der Waals surface area contributed by atoms with Crippen molar-refractivity contribution in [2.75, 3.05) is 32.8 Å². The van der Waals surface area contributed by atoms with Gasteiger partial charge in [-0.25, -0.2) is 0 Å². The van der Waals surface area contributed by atoms with Gasteiger partial charge in [0.15, 0.2) is 0 Å². The van der Waals surface area contributed by atoms with Crippen molar-refractivity contribution in [3.05, 3.63) is 51.2 Å². The Morgan fingerprint density at radius 1 is 1.29 bits per heavy atom. The topological polar surface area (TPSA) is 53.0 Å². The molecule has 1 aromatic heterocycles. The zero-order chi connectivity index (χ0) is 22.4. The van der Waals surface area contributed by atoms with E-state index >= 15 is 0 Å². The first-order valence-electron chi connectivity index (χ1n) is 11.0. The molecule has 31 heavy (non-hydrogen) atoms. The molecule has 0 saturated heterocycles. The lowest BCUT2D eigenvalue weighted by atomic mass is 10.00. The third-order valence-electron chi connectivity index (χ3n) is 5.56. The number of nitrogens with zero attached hydrogens (tertiary/aromatic N) is 2. The van der Waals surface area contributed by atoms with Gasteiger partial charge in [-0.3, -0.25) is 9.69 Å². The molecule has 0 fully saturated rings. The summed E-state index contributed by atoms with van der Waals surface area (Å²) in [5, 5.41) is 12.9. The van der Waals surface area contributed by atoms with Crippen LogP contribution in [0.15, 0.2) is 35.7 Å². The zero-order valence-electron chi connectivity index (χ0n) is 18.6. The van der Waals surface area contributed by atoms with E-state index in [9.17, 15) is 9.90 Å². The maximum Gasteiger partial charge on any atom is 0.237 e. The van der Waals surface area contributed by atoms with Crippen LogP contribution < -0.4 is 4.74 Å². The molecular formula is C24H33ClN2O3S. The Kier molecular flexibility index (Phi) is 8.78. The molecule has 0 aliphatic carbocycles. The van der Waals surface area contributed by atoms with Crippen LogP contribution in [0.3, 0.4) is 0 Å². The number of fused-ring (bicyclic) bond motifs is 1. The first-order valence-corrected chi connectivity index (χ1v) is 12.3. The van der Waals surface area contributed by atoms with Gasteiger partial charge >= 0.3 is 0 Å². The molecule has 2 atom stereocenters. The number of hydrogen-bond donors (Lipinski definition) is 1. The number of carbonyl (C=O) groups excluding carboxylic acids is 1. The van der Waals surface area contributed by atoms with Crippen LogP contribution in [-0.4, -0.2) is 59.7 Å². The summed E-state index contributed by atoms with van der Waals surface area (Å²) in [4.78, 5) is 18.8. The maximum absolute atomic E-state index is 13.4. The molecule has 0 saturated carbocycles. The smallest absolute Gasteiger partial charge is 0.237 e. The molecule has 0 radical (unpaired) electrons. The van der Waals surface area contributed by atoms with Crippen molar-refractivity contribution in [3.63, 3.8) is 0 Å². The average Bonchev–Trinajstić information content (AvgIpc) is 3.21. The van der Waals surface area contributed by atoms with Gasteiger partial charge in [-0.05, 0) is 60.0 Å². The molecule has 0 spiro atoms. The average molecular weight is 465 g/mol. The second-order valence-electron chi connectivity index (χ2n) is 8.57. The highest BCUT2D eigenvalue weighted by atomic mass is 35.5. The Labute approximate surface area is 194 Å². The molecule has 1 aliphatic heterocycles. The molecule has 2 heterocycles. The molecular weight excluding hydrogens is 432 g/mol. The lowest BCUT2D eigenvalue weighted by Gasteiger charge is -2.37. The number of amides is 1. The van der Waals surface area contributed by atoms with E-state index in [1.165, 1.54) is 10.4 Å². The van der Waals surface area contributed by atoms with Gasteiger partial charge in [-0.1, -0.05) is 32.4 Å². The van der Waals surface area contributed by atoms with E-state index < -0.39 is 6.10 Å². The molecule has 0 bridgehead atoms. The van der Waals surface area contributed by atoms with Crippen LogP contribution in [0.2, 0.25) is 5.02 Å². The van der Waals surface area contributed by atoms with Gasteiger partial charge < -0.3 is 14.7 Å². The van der Waals surface area contributed by atoms with Crippen LogP contribution in [0.1, 0.15) is 43.7 Å². The van der Waals surface area contributed by atoms with E-state index in [1.54, 1.807) is 23.5 Å².